The number of amides is 1. The molecule has 7 heteroatoms. The highest BCUT2D eigenvalue weighted by molar-refractivity contribution is 5.78. The maximum absolute atomic E-state index is 14.6. The van der Waals surface area contributed by atoms with Crippen LogP contribution in [0.3, 0.4) is 0 Å². The van der Waals surface area contributed by atoms with Crippen LogP contribution in [-0.2, 0) is 26.4 Å². The van der Waals surface area contributed by atoms with Crippen molar-refractivity contribution in [1.29, 1.82) is 0 Å². The highest BCUT2D eigenvalue weighted by atomic mass is 19.3. The minimum Gasteiger partial charge on any atom is -0.462 e. The molecule has 5 nitrogen and oxygen atoms in total. The number of halogens is 2. The lowest BCUT2D eigenvalue weighted by molar-refractivity contribution is -0.179. The van der Waals surface area contributed by atoms with Crippen molar-refractivity contribution in [3.05, 3.63) is 71.8 Å². The van der Waals surface area contributed by atoms with Gasteiger partial charge in [0.25, 0.3) is 0 Å². The summed E-state index contributed by atoms with van der Waals surface area (Å²) >= 11 is 0. The van der Waals surface area contributed by atoms with Crippen LogP contribution < -0.4 is 0 Å². The van der Waals surface area contributed by atoms with E-state index >= 15 is 0 Å². The van der Waals surface area contributed by atoms with Gasteiger partial charge in [0.15, 0.2) is 5.60 Å². The van der Waals surface area contributed by atoms with E-state index in [0.29, 0.717) is 5.56 Å². The fraction of sp³-hybridized carbons (Fsp3) is 0.333. The Labute approximate surface area is 161 Å². The lowest BCUT2D eigenvalue weighted by atomic mass is 9.87. The maximum Gasteiger partial charge on any atom is 0.411 e. The fourth-order valence-electron chi connectivity index (χ4n) is 3.31. The molecule has 2 aromatic rings. The van der Waals surface area contributed by atoms with Gasteiger partial charge in [-0.3, -0.25) is 4.90 Å². The average Bonchev–Trinajstić information content (AvgIpc) is 2.99. The molecule has 2 aromatic carbocycles. The molecular weight excluding hydrogens is 368 g/mol. The Morgan fingerprint density at radius 1 is 1.14 bits per heavy atom. The molecule has 1 aliphatic heterocycles. The third-order valence-corrected chi connectivity index (χ3v) is 4.58. The quantitative estimate of drug-likeness (QED) is 0.669. The summed E-state index contributed by atoms with van der Waals surface area (Å²) in [6, 6.07) is 17.5. The lowest BCUT2D eigenvalue weighted by Gasteiger charge is -2.30. The standard InChI is InChI=1S/C21H21F2NO4/c1-2-27-18(25)21(22,23)14-20(17-11-7-4-8-12-17)15-24(19(26)28-20)13-16-9-5-3-6-10-16/h3-12H,2,13-15H2,1H3. The Hall–Kier alpha value is -2.96. The highest BCUT2D eigenvalue weighted by Gasteiger charge is 2.56. The summed E-state index contributed by atoms with van der Waals surface area (Å²) in [6.07, 6.45) is -1.69. The summed E-state index contributed by atoms with van der Waals surface area (Å²) in [4.78, 5) is 25.6. The Bertz CT molecular complexity index is 829. The Morgan fingerprint density at radius 2 is 1.75 bits per heavy atom. The molecule has 1 saturated heterocycles. The van der Waals surface area contributed by atoms with Gasteiger partial charge in [-0.05, 0) is 18.1 Å². The molecule has 0 aromatic heterocycles. The van der Waals surface area contributed by atoms with Crippen LogP contribution in [0, 0.1) is 0 Å². The van der Waals surface area contributed by atoms with Crippen molar-refractivity contribution in [3.8, 4) is 0 Å². The van der Waals surface area contributed by atoms with Crippen LogP contribution in [-0.4, -0.2) is 36.0 Å². The molecule has 1 aliphatic rings. The van der Waals surface area contributed by atoms with Crippen LogP contribution in [0.25, 0.3) is 0 Å². The first kappa shape index (κ1) is 19.8. The molecule has 0 spiro atoms. The van der Waals surface area contributed by atoms with Crippen molar-refractivity contribution in [3.63, 3.8) is 0 Å². The van der Waals surface area contributed by atoms with Crippen LogP contribution >= 0.6 is 0 Å². The topological polar surface area (TPSA) is 55.8 Å². The summed E-state index contributed by atoms with van der Waals surface area (Å²) in [5, 5.41) is 0. The molecule has 0 saturated carbocycles. The molecule has 3 rings (SSSR count). The third-order valence-electron chi connectivity index (χ3n) is 4.58. The van der Waals surface area contributed by atoms with Gasteiger partial charge in [-0.15, -0.1) is 0 Å². The molecular formula is C21H21F2NO4. The lowest BCUT2D eigenvalue weighted by Crippen LogP contribution is -2.42. The van der Waals surface area contributed by atoms with Gasteiger partial charge in [-0.2, -0.15) is 8.78 Å². The third kappa shape index (κ3) is 4.13. The van der Waals surface area contributed by atoms with E-state index in [-0.39, 0.29) is 19.7 Å². The van der Waals surface area contributed by atoms with Gasteiger partial charge in [-0.1, -0.05) is 60.7 Å². The number of cyclic esters (lactones) is 1. The van der Waals surface area contributed by atoms with E-state index in [1.807, 2.05) is 30.3 Å². The highest BCUT2D eigenvalue weighted by Crippen LogP contribution is 2.42. The molecule has 1 heterocycles. The molecule has 0 N–H and O–H groups in total. The summed E-state index contributed by atoms with van der Waals surface area (Å²) in [5.74, 6) is -5.42. The van der Waals surface area contributed by atoms with E-state index in [4.69, 9.17) is 4.74 Å². The summed E-state index contributed by atoms with van der Waals surface area (Å²) in [6.45, 7) is 1.42. The maximum atomic E-state index is 14.6. The smallest absolute Gasteiger partial charge is 0.411 e. The molecule has 1 atom stereocenters. The number of alkyl halides is 2. The van der Waals surface area contributed by atoms with E-state index < -0.39 is 30.0 Å². The van der Waals surface area contributed by atoms with E-state index in [1.165, 1.54) is 11.8 Å². The number of ether oxygens (including phenoxy) is 2. The second kappa shape index (κ2) is 7.96. The van der Waals surface area contributed by atoms with E-state index in [0.717, 1.165) is 5.56 Å². The number of rotatable bonds is 7. The Morgan fingerprint density at radius 3 is 2.36 bits per heavy atom. The summed E-state index contributed by atoms with van der Waals surface area (Å²) < 4.78 is 39.2. The van der Waals surface area contributed by atoms with Crippen LogP contribution in [0.4, 0.5) is 13.6 Å². The number of carbonyl (C=O) groups is 2. The van der Waals surface area contributed by atoms with Crippen LogP contribution in [0.2, 0.25) is 0 Å². The first-order valence-corrected chi connectivity index (χ1v) is 8.99. The Kier molecular flexibility index (Phi) is 5.63. The molecule has 0 radical (unpaired) electrons. The minimum absolute atomic E-state index is 0.0975. The molecule has 1 amide bonds. The van der Waals surface area contributed by atoms with Crippen molar-refractivity contribution in [2.75, 3.05) is 13.2 Å². The van der Waals surface area contributed by atoms with Crippen molar-refractivity contribution < 1.29 is 27.8 Å². The largest absolute Gasteiger partial charge is 0.462 e. The molecule has 0 bridgehead atoms. The number of hydrogen-bond acceptors (Lipinski definition) is 4. The first-order valence-electron chi connectivity index (χ1n) is 8.99. The molecule has 148 valence electrons. The van der Waals surface area contributed by atoms with Gasteiger partial charge in [0, 0.05) is 6.54 Å². The van der Waals surface area contributed by atoms with Crippen molar-refractivity contribution in [1.82, 2.24) is 4.90 Å². The first-order chi connectivity index (χ1) is 13.4. The van der Waals surface area contributed by atoms with Crippen molar-refractivity contribution >= 4 is 12.1 Å². The van der Waals surface area contributed by atoms with Gasteiger partial charge in [0.05, 0.1) is 19.6 Å². The monoisotopic (exact) mass is 389 g/mol. The van der Waals surface area contributed by atoms with Gasteiger partial charge in [0.2, 0.25) is 0 Å². The van der Waals surface area contributed by atoms with Crippen LogP contribution in [0.5, 0.6) is 0 Å². The zero-order valence-electron chi connectivity index (χ0n) is 15.4. The predicted octanol–water partition coefficient (Wildman–Crippen LogP) is 4.12. The number of esters is 1. The average molecular weight is 389 g/mol. The zero-order chi connectivity index (χ0) is 20.2. The molecule has 1 unspecified atom stereocenters. The normalized spacial score (nSPS) is 19.4. The van der Waals surface area contributed by atoms with Crippen LogP contribution in [0.1, 0.15) is 24.5 Å². The number of benzene rings is 2. The second-order valence-corrected chi connectivity index (χ2v) is 6.67. The minimum atomic E-state index is -3.80. The van der Waals surface area contributed by atoms with Gasteiger partial charge in [0.1, 0.15) is 0 Å². The van der Waals surface area contributed by atoms with Gasteiger partial charge < -0.3 is 9.47 Å². The summed E-state index contributed by atoms with van der Waals surface area (Å²) in [7, 11) is 0. The van der Waals surface area contributed by atoms with Gasteiger partial charge >= 0.3 is 18.0 Å². The number of carbonyl (C=O) groups excluding carboxylic acids is 2. The zero-order valence-corrected chi connectivity index (χ0v) is 15.4. The number of hydrogen-bond donors (Lipinski definition) is 0. The second-order valence-electron chi connectivity index (χ2n) is 6.67. The van der Waals surface area contributed by atoms with E-state index in [2.05, 4.69) is 4.74 Å². The Balaban J connectivity index is 1.90. The molecule has 1 fully saturated rings. The molecule has 0 aliphatic carbocycles. The fourth-order valence-corrected chi connectivity index (χ4v) is 3.31. The van der Waals surface area contributed by atoms with E-state index in [9.17, 15) is 18.4 Å². The van der Waals surface area contributed by atoms with E-state index in [1.54, 1.807) is 30.3 Å². The summed E-state index contributed by atoms with van der Waals surface area (Å²) in [5.41, 5.74) is -0.396. The van der Waals surface area contributed by atoms with Gasteiger partial charge in [-0.25, -0.2) is 9.59 Å². The predicted molar refractivity (Wildman–Crippen MR) is 97.7 cm³/mol. The van der Waals surface area contributed by atoms with Crippen molar-refractivity contribution in [2.45, 2.75) is 31.4 Å². The van der Waals surface area contributed by atoms with Crippen LogP contribution in [0.15, 0.2) is 60.7 Å². The van der Waals surface area contributed by atoms with Crippen molar-refractivity contribution in [2.24, 2.45) is 0 Å². The SMILES string of the molecule is CCOC(=O)C(F)(F)CC1(c2ccccc2)CN(Cc2ccccc2)C(=O)O1. The number of nitrogens with zero attached hydrogens (tertiary/aromatic N) is 1. The molecule has 28 heavy (non-hydrogen) atoms.